The van der Waals surface area contributed by atoms with Crippen LogP contribution in [0.15, 0.2) is 66.7 Å². The Hall–Kier alpha value is -2.19. The van der Waals surface area contributed by atoms with Crippen LogP contribution < -0.4 is 0 Å². The lowest BCUT2D eigenvalue weighted by Gasteiger charge is -2.12. The molecule has 0 radical (unpaired) electrons. The van der Waals surface area contributed by atoms with Crippen LogP contribution in [0, 0.1) is 5.82 Å². The maximum atomic E-state index is 12.9. The van der Waals surface area contributed by atoms with Crippen molar-refractivity contribution < 1.29 is 9.50 Å². The van der Waals surface area contributed by atoms with Gasteiger partial charge in [0.05, 0.1) is 0 Å². The predicted molar refractivity (Wildman–Crippen MR) is 74.4 cm³/mol. The van der Waals surface area contributed by atoms with Gasteiger partial charge in [-0.2, -0.15) is 0 Å². The molecule has 0 unspecified atom stereocenters. The zero-order valence-electron chi connectivity index (χ0n) is 10.3. The second kappa shape index (κ2) is 4.82. The number of hydrogen-bond acceptors (Lipinski definition) is 1. The van der Waals surface area contributed by atoms with Crippen molar-refractivity contribution in [1.29, 1.82) is 0 Å². The van der Waals surface area contributed by atoms with E-state index < -0.39 is 6.10 Å². The highest BCUT2D eigenvalue weighted by molar-refractivity contribution is 5.83. The molecule has 0 aromatic heterocycles. The van der Waals surface area contributed by atoms with Crippen molar-refractivity contribution >= 4 is 10.8 Å². The molecular weight excluding hydrogens is 239 g/mol. The van der Waals surface area contributed by atoms with Crippen LogP contribution in [0.3, 0.4) is 0 Å². The van der Waals surface area contributed by atoms with Gasteiger partial charge < -0.3 is 5.11 Å². The van der Waals surface area contributed by atoms with Crippen molar-refractivity contribution in [1.82, 2.24) is 0 Å². The van der Waals surface area contributed by atoms with Crippen molar-refractivity contribution in [2.45, 2.75) is 6.10 Å². The lowest BCUT2D eigenvalue weighted by molar-refractivity contribution is 0.220. The molecule has 0 aliphatic heterocycles. The topological polar surface area (TPSA) is 20.2 Å². The van der Waals surface area contributed by atoms with Crippen molar-refractivity contribution in [2.75, 3.05) is 0 Å². The molecule has 1 atom stereocenters. The van der Waals surface area contributed by atoms with E-state index in [0.717, 1.165) is 16.3 Å². The van der Waals surface area contributed by atoms with Crippen LogP contribution in [0.5, 0.6) is 0 Å². The number of aliphatic hydroxyl groups excluding tert-OH is 1. The number of benzene rings is 3. The molecule has 1 nitrogen and oxygen atoms in total. The molecular formula is C17H13FO. The summed E-state index contributed by atoms with van der Waals surface area (Å²) in [6.07, 6.45) is -0.731. The fourth-order valence-corrected chi connectivity index (χ4v) is 2.22. The molecule has 0 heterocycles. The highest BCUT2D eigenvalue weighted by atomic mass is 19.1. The first-order valence-electron chi connectivity index (χ1n) is 6.16. The molecule has 0 fully saturated rings. The van der Waals surface area contributed by atoms with Crippen LogP contribution in [0.1, 0.15) is 17.2 Å². The van der Waals surface area contributed by atoms with Crippen LogP contribution in [-0.4, -0.2) is 5.11 Å². The Kier molecular flexibility index (Phi) is 3.02. The fourth-order valence-electron chi connectivity index (χ4n) is 2.22. The van der Waals surface area contributed by atoms with E-state index in [-0.39, 0.29) is 5.82 Å². The van der Waals surface area contributed by atoms with Gasteiger partial charge >= 0.3 is 0 Å². The number of rotatable bonds is 2. The smallest absolute Gasteiger partial charge is 0.123 e. The molecule has 0 amide bonds. The van der Waals surface area contributed by atoms with Gasteiger partial charge in [-0.3, -0.25) is 0 Å². The molecule has 0 bridgehead atoms. The number of fused-ring (bicyclic) bond motifs is 1. The summed E-state index contributed by atoms with van der Waals surface area (Å²) in [4.78, 5) is 0. The molecule has 19 heavy (non-hydrogen) atoms. The standard InChI is InChI=1S/C17H13FO/c18-16-9-7-13(8-10-16)17(19)15-6-5-12-3-1-2-4-14(12)11-15/h1-11,17,19H/t17-/m0/s1. The summed E-state index contributed by atoms with van der Waals surface area (Å²) in [6, 6.07) is 19.8. The highest BCUT2D eigenvalue weighted by Crippen LogP contribution is 2.25. The van der Waals surface area contributed by atoms with Gasteiger partial charge in [0.25, 0.3) is 0 Å². The SMILES string of the molecule is O[C@@H](c1ccc(F)cc1)c1ccc2ccccc2c1. The van der Waals surface area contributed by atoms with Crippen LogP contribution >= 0.6 is 0 Å². The largest absolute Gasteiger partial charge is 0.384 e. The Labute approximate surface area is 110 Å². The van der Waals surface area contributed by atoms with Gasteiger partial charge in [0.2, 0.25) is 0 Å². The third kappa shape index (κ3) is 2.35. The minimum absolute atomic E-state index is 0.297. The summed E-state index contributed by atoms with van der Waals surface area (Å²) in [5, 5.41) is 12.5. The summed E-state index contributed by atoms with van der Waals surface area (Å²) in [6.45, 7) is 0. The quantitative estimate of drug-likeness (QED) is 0.729. The van der Waals surface area contributed by atoms with Gasteiger partial charge in [-0.15, -0.1) is 0 Å². The predicted octanol–water partition coefficient (Wildman–Crippen LogP) is 4.06. The maximum absolute atomic E-state index is 12.9. The second-order valence-corrected chi connectivity index (χ2v) is 4.56. The minimum atomic E-state index is -0.731. The van der Waals surface area contributed by atoms with E-state index in [0.29, 0.717) is 5.56 Å². The molecule has 3 aromatic rings. The molecule has 94 valence electrons. The summed E-state index contributed by atoms with van der Waals surface area (Å²) >= 11 is 0. The molecule has 0 aliphatic carbocycles. The molecule has 0 aliphatic rings. The van der Waals surface area contributed by atoms with Gasteiger partial charge in [-0.1, -0.05) is 48.5 Å². The molecule has 0 saturated heterocycles. The van der Waals surface area contributed by atoms with E-state index in [1.54, 1.807) is 12.1 Å². The summed E-state index contributed by atoms with van der Waals surface area (Å²) in [5.41, 5.74) is 1.50. The van der Waals surface area contributed by atoms with Crippen molar-refractivity contribution in [2.24, 2.45) is 0 Å². The van der Waals surface area contributed by atoms with E-state index in [2.05, 4.69) is 0 Å². The zero-order chi connectivity index (χ0) is 13.2. The Morgan fingerprint density at radius 2 is 1.37 bits per heavy atom. The maximum Gasteiger partial charge on any atom is 0.123 e. The van der Waals surface area contributed by atoms with E-state index in [9.17, 15) is 9.50 Å². The van der Waals surface area contributed by atoms with Crippen molar-refractivity contribution in [3.8, 4) is 0 Å². The molecule has 3 aromatic carbocycles. The third-order valence-electron chi connectivity index (χ3n) is 3.28. The van der Waals surface area contributed by atoms with E-state index >= 15 is 0 Å². The van der Waals surface area contributed by atoms with E-state index in [1.807, 2.05) is 42.5 Å². The van der Waals surface area contributed by atoms with Gasteiger partial charge in [0.1, 0.15) is 11.9 Å². The molecule has 1 N–H and O–H groups in total. The Morgan fingerprint density at radius 1 is 0.737 bits per heavy atom. The molecule has 0 saturated carbocycles. The summed E-state index contributed by atoms with van der Waals surface area (Å²) in [7, 11) is 0. The second-order valence-electron chi connectivity index (χ2n) is 4.56. The number of hydrogen-bond donors (Lipinski definition) is 1. The highest BCUT2D eigenvalue weighted by Gasteiger charge is 2.10. The third-order valence-corrected chi connectivity index (χ3v) is 3.28. The number of halogens is 1. The van der Waals surface area contributed by atoms with Crippen LogP contribution in [0.2, 0.25) is 0 Å². The Morgan fingerprint density at radius 3 is 2.11 bits per heavy atom. The van der Waals surface area contributed by atoms with E-state index in [4.69, 9.17) is 0 Å². The molecule has 0 spiro atoms. The average molecular weight is 252 g/mol. The Balaban J connectivity index is 2.01. The van der Waals surface area contributed by atoms with Gasteiger partial charge in [-0.25, -0.2) is 4.39 Å². The molecule has 3 rings (SSSR count). The fraction of sp³-hybridized carbons (Fsp3) is 0.0588. The first-order valence-corrected chi connectivity index (χ1v) is 6.16. The van der Waals surface area contributed by atoms with Gasteiger partial charge in [0, 0.05) is 0 Å². The summed E-state index contributed by atoms with van der Waals surface area (Å²) in [5.74, 6) is -0.297. The molecule has 2 heteroatoms. The normalized spacial score (nSPS) is 12.5. The van der Waals surface area contributed by atoms with Gasteiger partial charge in [0.15, 0.2) is 0 Å². The van der Waals surface area contributed by atoms with Crippen molar-refractivity contribution in [3.63, 3.8) is 0 Å². The lowest BCUT2D eigenvalue weighted by Crippen LogP contribution is -1.99. The summed E-state index contributed by atoms with van der Waals surface area (Å²) < 4.78 is 12.9. The zero-order valence-corrected chi connectivity index (χ0v) is 10.3. The van der Waals surface area contributed by atoms with Crippen molar-refractivity contribution in [3.05, 3.63) is 83.7 Å². The lowest BCUT2D eigenvalue weighted by atomic mass is 9.98. The van der Waals surface area contributed by atoms with Crippen LogP contribution in [-0.2, 0) is 0 Å². The van der Waals surface area contributed by atoms with Crippen LogP contribution in [0.4, 0.5) is 4.39 Å². The number of aliphatic hydroxyl groups is 1. The Bertz CT molecular complexity index is 704. The average Bonchev–Trinajstić information content (AvgIpc) is 2.47. The first-order chi connectivity index (χ1) is 9.24. The van der Waals surface area contributed by atoms with Gasteiger partial charge in [-0.05, 0) is 40.1 Å². The van der Waals surface area contributed by atoms with Crippen LogP contribution in [0.25, 0.3) is 10.8 Å². The minimum Gasteiger partial charge on any atom is -0.384 e. The monoisotopic (exact) mass is 252 g/mol. The van der Waals surface area contributed by atoms with E-state index in [1.165, 1.54) is 12.1 Å². The first kappa shape index (κ1) is 11.9.